The molecule has 2 heterocycles. The molecule has 0 saturated carbocycles. The largest absolute Gasteiger partial charge is 0.326 e. The summed E-state index contributed by atoms with van der Waals surface area (Å²) in [6.45, 7) is 5.44. The third-order valence-electron chi connectivity index (χ3n) is 5.77. The highest BCUT2D eigenvalue weighted by Gasteiger charge is 2.32. The van der Waals surface area contributed by atoms with Crippen LogP contribution in [0.1, 0.15) is 41.0 Å². The zero-order chi connectivity index (χ0) is 23.8. The Morgan fingerprint density at radius 1 is 1.00 bits per heavy atom. The van der Waals surface area contributed by atoms with Gasteiger partial charge in [-0.3, -0.25) is 14.3 Å². The van der Waals surface area contributed by atoms with Crippen molar-refractivity contribution in [3.05, 3.63) is 65.4 Å². The summed E-state index contributed by atoms with van der Waals surface area (Å²) in [5, 5.41) is 10.0. The highest BCUT2D eigenvalue weighted by Crippen LogP contribution is 2.31. The molecule has 2 amide bonds. The van der Waals surface area contributed by atoms with Crippen molar-refractivity contribution in [2.75, 3.05) is 22.1 Å². The molecule has 1 aliphatic rings. The van der Waals surface area contributed by atoms with Crippen LogP contribution in [-0.2, 0) is 14.6 Å². The van der Waals surface area contributed by atoms with Crippen molar-refractivity contribution in [1.82, 2.24) is 9.78 Å². The Labute approximate surface area is 192 Å². The number of sulfone groups is 1. The lowest BCUT2D eigenvalue weighted by molar-refractivity contribution is -0.114. The van der Waals surface area contributed by atoms with Gasteiger partial charge in [0, 0.05) is 23.9 Å². The number of nitrogens with zero attached hydrogens (tertiary/aromatic N) is 2. The van der Waals surface area contributed by atoms with Crippen LogP contribution < -0.4 is 10.6 Å². The number of amides is 2. The van der Waals surface area contributed by atoms with Crippen LogP contribution in [-0.4, -0.2) is 41.5 Å². The van der Waals surface area contributed by atoms with E-state index in [9.17, 15) is 18.0 Å². The summed E-state index contributed by atoms with van der Waals surface area (Å²) in [7, 11) is -3.13. The van der Waals surface area contributed by atoms with Crippen LogP contribution in [0.3, 0.4) is 0 Å². The maximum absolute atomic E-state index is 13.0. The molecule has 33 heavy (non-hydrogen) atoms. The molecule has 9 heteroatoms. The number of aromatic nitrogens is 2. The molecule has 1 aliphatic heterocycles. The summed E-state index contributed by atoms with van der Waals surface area (Å²) in [5.41, 5.74) is 5.09. The molecule has 4 rings (SSSR count). The summed E-state index contributed by atoms with van der Waals surface area (Å²) >= 11 is 0. The van der Waals surface area contributed by atoms with Crippen LogP contribution >= 0.6 is 0 Å². The molecule has 3 aromatic rings. The van der Waals surface area contributed by atoms with Gasteiger partial charge in [0.25, 0.3) is 5.91 Å². The number of hydrogen-bond donors (Lipinski definition) is 2. The standard InChI is InChI=1S/C24H26N4O4S/c1-15-7-8-18(11-16(15)2)23-13-22(27-28(23)21-9-10-33(31,32)14-21)24(30)26-20-6-4-5-19(12-20)25-17(3)29/h4-8,11-13,21H,9-10,14H2,1-3H3,(H,25,29)(H,26,30)/t21-/m0/s1. The van der Waals surface area contributed by atoms with Crippen LogP contribution in [0, 0.1) is 13.8 Å². The van der Waals surface area contributed by atoms with Gasteiger partial charge in [-0.25, -0.2) is 8.42 Å². The molecule has 0 aliphatic carbocycles. The Hall–Kier alpha value is -3.46. The van der Waals surface area contributed by atoms with Gasteiger partial charge in [0.15, 0.2) is 15.5 Å². The second-order valence-electron chi connectivity index (χ2n) is 8.43. The second-order valence-corrected chi connectivity index (χ2v) is 10.7. The fraction of sp³-hybridized carbons (Fsp3) is 0.292. The lowest BCUT2D eigenvalue weighted by Crippen LogP contribution is -2.16. The summed E-state index contributed by atoms with van der Waals surface area (Å²) in [4.78, 5) is 24.3. The Morgan fingerprint density at radius 2 is 1.73 bits per heavy atom. The van der Waals surface area contributed by atoms with Gasteiger partial charge in [0.1, 0.15) is 0 Å². The second kappa shape index (κ2) is 8.82. The van der Waals surface area contributed by atoms with Crippen molar-refractivity contribution in [2.24, 2.45) is 0 Å². The molecule has 2 N–H and O–H groups in total. The molecule has 1 saturated heterocycles. The Morgan fingerprint density at radius 3 is 2.36 bits per heavy atom. The SMILES string of the molecule is CC(=O)Nc1cccc(NC(=O)c2cc(-c3ccc(C)c(C)c3)n([C@H]3CCS(=O)(=O)C3)n2)c1. The average molecular weight is 467 g/mol. The van der Waals surface area contributed by atoms with E-state index in [1.165, 1.54) is 6.92 Å². The highest BCUT2D eigenvalue weighted by atomic mass is 32.2. The number of hydrogen-bond acceptors (Lipinski definition) is 5. The first-order valence-corrected chi connectivity index (χ1v) is 12.5. The maximum atomic E-state index is 13.0. The molecular formula is C24H26N4O4S. The van der Waals surface area contributed by atoms with Gasteiger partial charge in [-0.2, -0.15) is 5.10 Å². The zero-order valence-corrected chi connectivity index (χ0v) is 19.6. The van der Waals surface area contributed by atoms with Crippen LogP contribution in [0.15, 0.2) is 48.5 Å². The minimum absolute atomic E-state index is 0.00629. The molecule has 2 aromatic carbocycles. The number of carbonyl (C=O) groups excluding carboxylic acids is 2. The van der Waals surface area contributed by atoms with Gasteiger partial charge in [-0.05, 0) is 61.7 Å². The number of carbonyl (C=O) groups is 2. The molecule has 1 aromatic heterocycles. The molecule has 172 valence electrons. The van der Waals surface area contributed by atoms with E-state index in [1.807, 2.05) is 32.0 Å². The summed E-state index contributed by atoms with van der Waals surface area (Å²) in [5.74, 6) is -0.505. The van der Waals surface area contributed by atoms with E-state index in [4.69, 9.17) is 0 Å². The van der Waals surface area contributed by atoms with Crippen molar-refractivity contribution >= 4 is 33.0 Å². The van der Waals surface area contributed by atoms with E-state index >= 15 is 0 Å². The van der Waals surface area contributed by atoms with E-state index in [0.717, 1.165) is 16.7 Å². The summed E-state index contributed by atoms with van der Waals surface area (Å²) in [6.07, 6.45) is 0.460. The summed E-state index contributed by atoms with van der Waals surface area (Å²) in [6, 6.07) is 14.2. The van der Waals surface area contributed by atoms with Crippen molar-refractivity contribution < 1.29 is 18.0 Å². The first-order valence-electron chi connectivity index (χ1n) is 10.7. The Balaban J connectivity index is 1.68. The topological polar surface area (TPSA) is 110 Å². The molecule has 1 atom stereocenters. The molecule has 0 bridgehead atoms. The van der Waals surface area contributed by atoms with E-state index in [0.29, 0.717) is 23.5 Å². The predicted octanol–water partition coefficient (Wildman–Crippen LogP) is 3.74. The maximum Gasteiger partial charge on any atom is 0.276 e. The minimum atomic E-state index is -3.13. The lowest BCUT2D eigenvalue weighted by Gasteiger charge is -2.14. The van der Waals surface area contributed by atoms with Crippen molar-refractivity contribution in [2.45, 2.75) is 33.2 Å². The molecule has 1 fully saturated rings. The van der Waals surface area contributed by atoms with Gasteiger partial charge in [0.05, 0.1) is 23.2 Å². The van der Waals surface area contributed by atoms with Gasteiger partial charge in [-0.1, -0.05) is 18.2 Å². The van der Waals surface area contributed by atoms with Gasteiger partial charge < -0.3 is 10.6 Å². The van der Waals surface area contributed by atoms with E-state index in [1.54, 1.807) is 35.0 Å². The number of nitrogens with one attached hydrogen (secondary N) is 2. The smallest absolute Gasteiger partial charge is 0.276 e. The normalized spacial score (nSPS) is 17.0. The fourth-order valence-corrected chi connectivity index (χ4v) is 5.63. The Bertz CT molecular complexity index is 1340. The van der Waals surface area contributed by atoms with Crippen LogP contribution in [0.5, 0.6) is 0 Å². The van der Waals surface area contributed by atoms with Crippen molar-refractivity contribution in [3.63, 3.8) is 0 Å². The Kier molecular flexibility index (Phi) is 6.07. The van der Waals surface area contributed by atoms with E-state index in [-0.39, 0.29) is 29.1 Å². The number of anilines is 2. The quantitative estimate of drug-likeness (QED) is 0.595. The number of aryl methyl sites for hydroxylation is 2. The first kappa shape index (κ1) is 22.7. The molecule has 0 spiro atoms. The lowest BCUT2D eigenvalue weighted by atomic mass is 10.0. The van der Waals surface area contributed by atoms with Crippen LogP contribution in [0.25, 0.3) is 11.3 Å². The number of benzene rings is 2. The highest BCUT2D eigenvalue weighted by molar-refractivity contribution is 7.91. The monoisotopic (exact) mass is 466 g/mol. The van der Waals surface area contributed by atoms with Gasteiger partial charge >= 0.3 is 0 Å². The molecular weight excluding hydrogens is 440 g/mol. The fourth-order valence-electron chi connectivity index (χ4n) is 3.94. The van der Waals surface area contributed by atoms with E-state index < -0.39 is 15.7 Å². The van der Waals surface area contributed by atoms with Crippen molar-refractivity contribution in [1.29, 1.82) is 0 Å². The third kappa shape index (κ3) is 5.14. The minimum Gasteiger partial charge on any atom is -0.326 e. The predicted molar refractivity (Wildman–Crippen MR) is 128 cm³/mol. The first-order chi connectivity index (χ1) is 15.6. The van der Waals surface area contributed by atoms with E-state index in [2.05, 4.69) is 15.7 Å². The molecule has 8 nitrogen and oxygen atoms in total. The van der Waals surface area contributed by atoms with Gasteiger partial charge in [-0.15, -0.1) is 0 Å². The average Bonchev–Trinajstić information content (AvgIpc) is 3.33. The third-order valence-corrected chi connectivity index (χ3v) is 7.52. The molecule has 0 radical (unpaired) electrons. The number of rotatable bonds is 5. The van der Waals surface area contributed by atoms with Crippen LogP contribution in [0.2, 0.25) is 0 Å². The van der Waals surface area contributed by atoms with Crippen LogP contribution in [0.4, 0.5) is 11.4 Å². The molecule has 0 unspecified atom stereocenters. The zero-order valence-electron chi connectivity index (χ0n) is 18.8. The summed E-state index contributed by atoms with van der Waals surface area (Å²) < 4.78 is 25.9. The van der Waals surface area contributed by atoms with Gasteiger partial charge in [0.2, 0.25) is 5.91 Å². The van der Waals surface area contributed by atoms with Crippen molar-refractivity contribution in [3.8, 4) is 11.3 Å².